The van der Waals surface area contributed by atoms with Gasteiger partial charge in [0.1, 0.15) is 11.6 Å². The number of carbonyl (C=O) groups excluding carboxylic acids is 1. The van der Waals surface area contributed by atoms with Crippen LogP contribution in [-0.2, 0) is 7.05 Å². The summed E-state index contributed by atoms with van der Waals surface area (Å²) in [5.74, 6) is 1.47. The minimum Gasteiger partial charge on any atom is -0.496 e. The van der Waals surface area contributed by atoms with Crippen molar-refractivity contribution in [2.24, 2.45) is 7.05 Å². The summed E-state index contributed by atoms with van der Waals surface area (Å²) in [6.07, 6.45) is 0. The van der Waals surface area contributed by atoms with Crippen LogP contribution in [0.4, 0.5) is 5.95 Å². The van der Waals surface area contributed by atoms with E-state index >= 15 is 0 Å². The summed E-state index contributed by atoms with van der Waals surface area (Å²) in [6, 6.07) is 5.29. The van der Waals surface area contributed by atoms with Crippen LogP contribution in [-0.4, -0.2) is 27.8 Å². The summed E-state index contributed by atoms with van der Waals surface area (Å²) in [4.78, 5) is 16.2. The first kappa shape index (κ1) is 13.1. The van der Waals surface area contributed by atoms with Gasteiger partial charge < -0.3 is 4.74 Å². The highest BCUT2D eigenvalue weighted by Crippen LogP contribution is 2.19. The van der Waals surface area contributed by atoms with E-state index in [0.717, 1.165) is 5.56 Å². The number of aromatic nitrogens is 3. The first-order chi connectivity index (χ1) is 9.01. The van der Waals surface area contributed by atoms with Gasteiger partial charge >= 0.3 is 0 Å². The van der Waals surface area contributed by atoms with E-state index in [9.17, 15) is 4.79 Å². The van der Waals surface area contributed by atoms with Gasteiger partial charge in [0.15, 0.2) is 0 Å². The van der Waals surface area contributed by atoms with Crippen LogP contribution in [0.1, 0.15) is 21.7 Å². The average molecular weight is 260 g/mol. The quantitative estimate of drug-likeness (QED) is 0.911. The van der Waals surface area contributed by atoms with Crippen molar-refractivity contribution >= 4 is 11.9 Å². The molecule has 19 heavy (non-hydrogen) atoms. The second-order valence-corrected chi connectivity index (χ2v) is 4.24. The standard InChI is InChI=1S/C13H16N4O2/c1-8-5-6-10(7-11(8)19-4)12(18)15-13-14-9(2)16-17(13)3/h5-7H,1-4H3,(H,14,15,16,18). The molecule has 0 unspecified atom stereocenters. The third kappa shape index (κ3) is 2.73. The molecule has 2 aromatic rings. The van der Waals surface area contributed by atoms with E-state index in [1.54, 1.807) is 33.2 Å². The Kier molecular flexibility index (Phi) is 3.50. The summed E-state index contributed by atoms with van der Waals surface area (Å²) < 4.78 is 6.73. The number of aryl methyl sites for hydroxylation is 3. The summed E-state index contributed by atoms with van der Waals surface area (Å²) in [6.45, 7) is 3.69. The minimum absolute atomic E-state index is 0.242. The lowest BCUT2D eigenvalue weighted by Gasteiger charge is -2.08. The number of rotatable bonds is 3. The van der Waals surface area contributed by atoms with Gasteiger partial charge in [-0.05, 0) is 31.5 Å². The number of ether oxygens (including phenoxy) is 1. The molecular formula is C13H16N4O2. The second kappa shape index (κ2) is 5.09. The molecule has 100 valence electrons. The van der Waals surface area contributed by atoms with Gasteiger partial charge in [0.2, 0.25) is 5.95 Å². The van der Waals surface area contributed by atoms with Gasteiger partial charge in [0, 0.05) is 12.6 Å². The molecule has 0 bridgehead atoms. The largest absolute Gasteiger partial charge is 0.496 e. The molecule has 0 aliphatic carbocycles. The Morgan fingerprint density at radius 2 is 2.11 bits per heavy atom. The normalized spacial score (nSPS) is 10.3. The average Bonchev–Trinajstić information content (AvgIpc) is 2.68. The van der Waals surface area contributed by atoms with Gasteiger partial charge in [-0.3, -0.25) is 10.1 Å². The monoisotopic (exact) mass is 260 g/mol. The molecule has 0 aliphatic rings. The van der Waals surface area contributed by atoms with Crippen molar-refractivity contribution in [3.8, 4) is 5.75 Å². The minimum atomic E-state index is -0.242. The van der Waals surface area contributed by atoms with Crippen LogP contribution in [0, 0.1) is 13.8 Å². The molecule has 6 heteroatoms. The first-order valence-corrected chi connectivity index (χ1v) is 5.85. The summed E-state index contributed by atoms with van der Waals surface area (Å²) in [5.41, 5.74) is 1.50. The zero-order chi connectivity index (χ0) is 14.0. The van der Waals surface area contributed by atoms with Gasteiger partial charge in [-0.1, -0.05) is 6.07 Å². The second-order valence-electron chi connectivity index (χ2n) is 4.24. The molecule has 2 rings (SSSR count). The zero-order valence-electron chi connectivity index (χ0n) is 11.4. The van der Waals surface area contributed by atoms with Crippen LogP contribution < -0.4 is 10.1 Å². The van der Waals surface area contributed by atoms with Crippen molar-refractivity contribution in [1.29, 1.82) is 0 Å². The highest BCUT2D eigenvalue weighted by Gasteiger charge is 2.12. The smallest absolute Gasteiger partial charge is 0.258 e. The highest BCUT2D eigenvalue weighted by atomic mass is 16.5. The molecule has 1 heterocycles. The van der Waals surface area contributed by atoms with E-state index in [2.05, 4.69) is 15.4 Å². The van der Waals surface area contributed by atoms with Crippen LogP contribution in [0.2, 0.25) is 0 Å². The summed E-state index contributed by atoms with van der Waals surface area (Å²) >= 11 is 0. The highest BCUT2D eigenvalue weighted by molar-refractivity contribution is 6.03. The van der Waals surface area contributed by atoms with Crippen LogP contribution in [0.3, 0.4) is 0 Å². The fraction of sp³-hybridized carbons (Fsp3) is 0.308. The number of nitrogens with zero attached hydrogens (tertiary/aromatic N) is 3. The van der Waals surface area contributed by atoms with E-state index in [1.807, 2.05) is 13.0 Å². The van der Waals surface area contributed by atoms with Crippen molar-refractivity contribution in [2.45, 2.75) is 13.8 Å². The number of methoxy groups -OCH3 is 1. The topological polar surface area (TPSA) is 69.0 Å². The third-order valence-corrected chi connectivity index (χ3v) is 2.76. The van der Waals surface area contributed by atoms with Crippen molar-refractivity contribution in [1.82, 2.24) is 14.8 Å². The number of amides is 1. The molecule has 0 aliphatic heterocycles. The maximum absolute atomic E-state index is 12.1. The maximum atomic E-state index is 12.1. The molecule has 1 amide bonds. The van der Waals surface area contributed by atoms with Gasteiger partial charge in [0.05, 0.1) is 7.11 Å². The summed E-state index contributed by atoms with van der Waals surface area (Å²) in [7, 11) is 3.31. The molecule has 0 saturated heterocycles. The number of hydrogen-bond acceptors (Lipinski definition) is 4. The summed E-state index contributed by atoms with van der Waals surface area (Å²) in [5, 5.41) is 6.78. The SMILES string of the molecule is COc1cc(C(=O)Nc2nc(C)nn2C)ccc1C. The Labute approximate surface area is 111 Å². The molecule has 6 nitrogen and oxygen atoms in total. The Morgan fingerprint density at radius 3 is 2.68 bits per heavy atom. The Bertz CT molecular complexity index is 619. The number of hydrogen-bond donors (Lipinski definition) is 1. The van der Waals surface area contributed by atoms with Gasteiger partial charge in [-0.25, -0.2) is 4.68 Å². The van der Waals surface area contributed by atoms with E-state index in [4.69, 9.17) is 4.74 Å². The van der Waals surface area contributed by atoms with Crippen molar-refractivity contribution in [3.05, 3.63) is 35.2 Å². The first-order valence-electron chi connectivity index (χ1n) is 5.85. The van der Waals surface area contributed by atoms with E-state index in [1.165, 1.54) is 4.68 Å². The Balaban J connectivity index is 2.23. The van der Waals surface area contributed by atoms with Crippen LogP contribution in [0.25, 0.3) is 0 Å². The molecule has 0 atom stereocenters. The molecule has 1 aromatic heterocycles. The molecule has 0 radical (unpaired) electrons. The van der Waals surface area contributed by atoms with Crippen LogP contribution in [0.15, 0.2) is 18.2 Å². The number of carbonyl (C=O) groups is 1. The van der Waals surface area contributed by atoms with E-state index in [0.29, 0.717) is 23.1 Å². The van der Waals surface area contributed by atoms with Crippen LogP contribution in [0.5, 0.6) is 5.75 Å². The number of benzene rings is 1. The van der Waals surface area contributed by atoms with Gasteiger partial charge in [-0.2, -0.15) is 10.1 Å². The molecular weight excluding hydrogens is 244 g/mol. The molecule has 0 saturated carbocycles. The molecule has 0 spiro atoms. The van der Waals surface area contributed by atoms with Gasteiger partial charge in [0.25, 0.3) is 5.91 Å². The maximum Gasteiger partial charge on any atom is 0.258 e. The lowest BCUT2D eigenvalue weighted by molar-refractivity contribution is 0.102. The van der Waals surface area contributed by atoms with Crippen molar-refractivity contribution in [3.63, 3.8) is 0 Å². The fourth-order valence-corrected chi connectivity index (χ4v) is 1.76. The Hall–Kier alpha value is -2.37. The van der Waals surface area contributed by atoms with E-state index < -0.39 is 0 Å². The molecule has 0 fully saturated rings. The van der Waals surface area contributed by atoms with Crippen molar-refractivity contribution in [2.75, 3.05) is 12.4 Å². The zero-order valence-corrected chi connectivity index (χ0v) is 11.4. The lowest BCUT2D eigenvalue weighted by Crippen LogP contribution is -2.15. The van der Waals surface area contributed by atoms with Crippen molar-refractivity contribution < 1.29 is 9.53 Å². The Morgan fingerprint density at radius 1 is 1.37 bits per heavy atom. The predicted molar refractivity (Wildman–Crippen MR) is 71.4 cm³/mol. The van der Waals surface area contributed by atoms with Crippen LogP contribution >= 0.6 is 0 Å². The fourth-order valence-electron chi connectivity index (χ4n) is 1.76. The number of nitrogens with one attached hydrogen (secondary N) is 1. The van der Waals surface area contributed by atoms with E-state index in [-0.39, 0.29) is 5.91 Å². The third-order valence-electron chi connectivity index (χ3n) is 2.76. The lowest BCUT2D eigenvalue weighted by atomic mass is 10.1. The van der Waals surface area contributed by atoms with Gasteiger partial charge in [-0.15, -0.1) is 0 Å². The number of anilines is 1. The molecule has 1 N–H and O–H groups in total. The predicted octanol–water partition coefficient (Wildman–Crippen LogP) is 1.69. The molecule has 1 aromatic carbocycles.